The first kappa shape index (κ1) is 16.0. The van der Waals surface area contributed by atoms with Crippen molar-refractivity contribution in [1.82, 2.24) is 10.9 Å². The molecule has 0 bridgehead atoms. The summed E-state index contributed by atoms with van der Waals surface area (Å²) < 4.78 is 10.2. The molecule has 0 spiro atoms. The molecule has 20 heavy (non-hydrogen) atoms. The van der Waals surface area contributed by atoms with Crippen LogP contribution >= 0.6 is 0 Å². The van der Waals surface area contributed by atoms with Crippen LogP contribution in [0.4, 0.5) is 0 Å². The van der Waals surface area contributed by atoms with Crippen molar-refractivity contribution >= 4 is 11.8 Å². The molecule has 0 aliphatic carbocycles. The van der Waals surface area contributed by atoms with Crippen molar-refractivity contribution in [2.45, 2.75) is 20.3 Å². The highest BCUT2D eigenvalue weighted by Gasteiger charge is 2.05. The summed E-state index contributed by atoms with van der Waals surface area (Å²) in [5, 5.41) is 0. The van der Waals surface area contributed by atoms with Crippen molar-refractivity contribution in [2.75, 3.05) is 19.8 Å². The monoisotopic (exact) mass is 280 g/mol. The summed E-state index contributed by atoms with van der Waals surface area (Å²) in [5.41, 5.74) is 5.67. The van der Waals surface area contributed by atoms with E-state index >= 15 is 0 Å². The van der Waals surface area contributed by atoms with Gasteiger partial charge in [-0.15, -0.1) is 0 Å². The first-order valence-corrected chi connectivity index (χ1v) is 6.52. The zero-order chi connectivity index (χ0) is 14.8. The predicted molar refractivity (Wildman–Crippen MR) is 74.1 cm³/mol. The lowest BCUT2D eigenvalue weighted by atomic mass is 10.2. The highest BCUT2D eigenvalue weighted by atomic mass is 16.5. The van der Waals surface area contributed by atoms with E-state index in [9.17, 15) is 9.59 Å². The molecular formula is C14H20N2O4. The van der Waals surface area contributed by atoms with Gasteiger partial charge in [0.25, 0.3) is 11.8 Å². The third-order valence-electron chi connectivity index (χ3n) is 2.48. The van der Waals surface area contributed by atoms with Gasteiger partial charge in [0, 0.05) is 6.61 Å². The van der Waals surface area contributed by atoms with Crippen LogP contribution in [0.5, 0.6) is 5.75 Å². The minimum atomic E-state index is -0.436. The summed E-state index contributed by atoms with van der Waals surface area (Å²) in [5.74, 6) is -0.236. The Morgan fingerprint density at radius 3 is 2.15 bits per heavy atom. The minimum Gasteiger partial charge on any atom is -0.484 e. The van der Waals surface area contributed by atoms with Crippen LogP contribution in [-0.2, 0) is 20.7 Å². The van der Waals surface area contributed by atoms with Crippen molar-refractivity contribution in [3.63, 3.8) is 0 Å². The Morgan fingerprint density at radius 2 is 1.60 bits per heavy atom. The Labute approximate surface area is 118 Å². The predicted octanol–water partition coefficient (Wildman–Crippen LogP) is 0.812. The Bertz CT molecular complexity index is 431. The summed E-state index contributed by atoms with van der Waals surface area (Å²) >= 11 is 0. The van der Waals surface area contributed by atoms with Crippen LogP contribution in [-0.4, -0.2) is 31.6 Å². The van der Waals surface area contributed by atoms with E-state index in [0.717, 1.165) is 6.42 Å². The van der Waals surface area contributed by atoms with Gasteiger partial charge in [-0.2, -0.15) is 0 Å². The van der Waals surface area contributed by atoms with Crippen molar-refractivity contribution in [3.8, 4) is 5.75 Å². The van der Waals surface area contributed by atoms with E-state index in [1.807, 2.05) is 12.1 Å². The third-order valence-corrected chi connectivity index (χ3v) is 2.48. The van der Waals surface area contributed by atoms with Crippen LogP contribution in [0.15, 0.2) is 24.3 Å². The number of hydrogen-bond acceptors (Lipinski definition) is 4. The van der Waals surface area contributed by atoms with E-state index < -0.39 is 11.8 Å². The number of nitrogens with one attached hydrogen (secondary N) is 2. The van der Waals surface area contributed by atoms with E-state index in [1.54, 1.807) is 19.1 Å². The molecule has 0 saturated carbocycles. The first-order chi connectivity index (χ1) is 9.65. The van der Waals surface area contributed by atoms with Crippen molar-refractivity contribution in [1.29, 1.82) is 0 Å². The lowest BCUT2D eigenvalue weighted by Gasteiger charge is -2.09. The Kier molecular flexibility index (Phi) is 7.13. The molecular weight excluding hydrogens is 260 g/mol. The summed E-state index contributed by atoms with van der Waals surface area (Å²) in [6.07, 6.45) is 0.951. The number of rotatable bonds is 7. The molecule has 110 valence electrons. The van der Waals surface area contributed by atoms with Crippen LogP contribution in [0.25, 0.3) is 0 Å². The van der Waals surface area contributed by atoms with Crippen LogP contribution in [0.1, 0.15) is 19.4 Å². The summed E-state index contributed by atoms with van der Waals surface area (Å²) in [7, 11) is 0. The molecule has 1 aromatic rings. The standard InChI is InChI=1S/C14H20N2O4/c1-3-11-5-7-12(8-6-11)20-10-14(18)16-15-13(17)9-19-4-2/h5-8H,3-4,9-10H2,1-2H3,(H,15,17)(H,16,18). The highest BCUT2D eigenvalue weighted by Crippen LogP contribution is 2.12. The topological polar surface area (TPSA) is 76.7 Å². The third kappa shape index (κ3) is 6.19. The Balaban J connectivity index is 2.23. The van der Waals surface area contributed by atoms with Crippen molar-refractivity contribution in [2.24, 2.45) is 0 Å². The number of amides is 2. The van der Waals surface area contributed by atoms with Gasteiger partial charge >= 0.3 is 0 Å². The van der Waals surface area contributed by atoms with E-state index in [1.165, 1.54) is 5.56 Å². The van der Waals surface area contributed by atoms with Gasteiger partial charge in [-0.05, 0) is 31.0 Å². The smallest absolute Gasteiger partial charge is 0.276 e. The van der Waals surface area contributed by atoms with E-state index in [2.05, 4.69) is 17.8 Å². The molecule has 0 fully saturated rings. The number of aryl methyl sites for hydroxylation is 1. The van der Waals surface area contributed by atoms with E-state index in [-0.39, 0.29) is 13.2 Å². The number of hydrazine groups is 1. The second-order valence-corrected chi connectivity index (χ2v) is 4.02. The molecule has 0 radical (unpaired) electrons. The van der Waals surface area contributed by atoms with Gasteiger partial charge in [0.2, 0.25) is 0 Å². The molecule has 0 atom stereocenters. The SMILES string of the molecule is CCOCC(=O)NNC(=O)COc1ccc(CC)cc1. The van der Waals surface area contributed by atoms with Gasteiger partial charge in [0.1, 0.15) is 12.4 Å². The molecule has 6 heteroatoms. The van der Waals surface area contributed by atoms with Gasteiger partial charge in [-0.1, -0.05) is 19.1 Å². The van der Waals surface area contributed by atoms with Crippen molar-refractivity contribution < 1.29 is 19.1 Å². The maximum absolute atomic E-state index is 11.4. The fraction of sp³-hybridized carbons (Fsp3) is 0.429. The zero-order valence-electron chi connectivity index (χ0n) is 11.8. The molecule has 0 aliphatic heterocycles. The minimum absolute atomic E-state index is 0.0872. The summed E-state index contributed by atoms with van der Waals surface area (Å²) in [4.78, 5) is 22.6. The van der Waals surface area contributed by atoms with Gasteiger partial charge in [0.15, 0.2) is 6.61 Å². The second kappa shape index (κ2) is 8.92. The molecule has 2 amide bonds. The Hall–Kier alpha value is -2.08. The average Bonchev–Trinajstić information content (AvgIpc) is 2.49. The molecule has 0 unspecified atom stereocenters. The van der Waals surface area contributed by atoms with Crippen LogP contribution in [0, 0.1) is 0 Å². The molecule has 6 nitrogen and oxygen atoms in total. The Morgan fingerprint density at radius 1 is 1.00 bits per heavy atom. The summed E-state index contributed by atoms with van der Waals surface area (Å²) in [6.45, 7) is 4.03. The molecule has 0 saturated heterocycles. The van der Waals surface area contributed by atoms with E-state index in [4.69, 9.17) is 9.47 Å². The maximum atomic E-state index is 11.4. The lowest BCUT2D eigenvalue weighted by Crippen LogP contribution is -2.45. The molecule has 0 heterocycles. The van der Waals surface area contributed by atoms with Gasteiger partial charge in [-0.25, -0.2) is 0 Å². The van der Waals surface area contributed by atoms with Crippen LogP contribution in [0.2, 0.25) is 0 Å². The number of ether oxygens (including phenoxy) is 2. The number of benzene rings is 1. The lowest BCUT2D eigenvalue weighted by molar-refractivity contribution is -0.132. The fourth-order valence-electron chi connectivity index (χ4n) is 1.38. The molecule has 0 aromatic heterocycles. The average molecular weight is 280 g/mol. The summed E-state index contributed by atoms with van der Waals surface area (Å²) in [6, 6.07) is 7.49. The van der Waals surface area contributed by atoms with Gasteiger partial charge in [-0.3, -0.25) is 20.4 Å². The number of carbonyl (C=O) groups is 2. The van der Waals surface area contributed by atoms with Gasteiger partial charge < -0.3 is 9.47 Å². The number of carbonyl (C=O) groups excluding carboxylic acids is 2. The molecule has 2 N–H and O–H groups in total. The molecule has 0 aliphatic rings. The quantitative estimate of drug-likeness (QED) is 0.725. The fourth-order valence-corrected chi connectivity index (χ4v) is 1.38. The largest absolute Gasteiger partial charge is 0.484 e. The molecule has 1 aromatic carbocycles. The maximum Gasteiger partial charge on any atom is 0.276 e. The normalized spacial score (nSPS) is 9.90. The van der Waals surface area contributed by atoms with Gasteiger partial charge in [0.05, 0.1) is 0 Å². The second-order valence-electron chi connectivity index (χ2n) is 4.02. The molecule has 1 rings (SSSR count). The number of hydrogen-bond donors (Lipinski definition) is 2. The van der Waals surface area contributed by atoms with Crippen LogP contribution in [0.3, 0.4) is 0 Å². The van der Waals surface area contributed by atoms with Crippen LogP contribution < -0.4 is 15.6 Å². The first-order valence-electron chi connectivity index (χ1n) is 6.52. The van der Waals surface area contributed by atoms with E-state index in [0.29, 0.717) is 12.4 Å². The highest BCUT2D eigenvalue weighted by molar-refractivity contribution is 5.83. The zero-order valence-corrected chi connectivity index (χ0v) is 11.8. The van der Waals surface area contributed by atoms with Crippen molar-refractivity contribution in [3.05, 3.63) is 29.8 Å².